The van der Waals surface area contributed by atoms with Crippen molar-refractivity contribution < 1.29 is 4.79 Å². The molecule has 0 unspecified atom stereocenters. The van der Waals surface area contributed by atoms with Crippen LogP contribution in [0.15, 0.2) is 12.3 Å². The summed E-state index contributed by atoms with van der Waals surface area (Å²) >= 11 is 5.91. The van der Waals surface area contributed by atoms with Gasteiger partial charge in [0.1, 0.15) is 5.15 Å². The molecule has 1 saturated carbocycles. The summed E-state index contributed by atoms with van der Waals surface area (Å²) in [6.45, 7) is 1.49. The van der Waals surface area contributed by atoms with E-state index in [1.165, 1.54) is 39.0 Å². The van der Waals surface area contributed by atoms with Crippen LogP contribution in [0.25, 0.3) is 0 Å². The van der Waals surface area contributed by atoms with Crippen molar-refractivity contribution in [1.29, 1.82) is 0 Å². The third kappa shape index (κ3) is 3.60. The minimum absolute atomic E-state index is 0.106. The van der Waals surface area contributed by atoms with E-state index >= 15 is 0 Å². The molecule has 1 aromatic heterocycles. The highest BCUT2D eigenvalue weighted by molar-refractivity contribution is 6.29. The Labute approximate surface area is 112 Å². The van der Waals surface area contributed by atoms with Crippen LogP contribution in [0, 0.1) is 0 Å². The molecule has 1 aliphatic rings. The van der Waals surface area contributed by atoms with Gasteiger partial charge in [-0.25, -0.2) is 4.98 Å². The van der Waals surface area contributed by atoms with Gasteiger partial charge < -0.3 is 10.6 Å². The zero-order chi connectivity index (χ0) is 13.0. The molecule has 4 nitrogen and oxygen atoms in total. The number of aromatic nitrogens is 1. The second kappa shape index (κ2) is 6.05. The number of pyridine rings is 1. The largest absolute Gasteiger partial charge is 0.380 e. The number of nitrogens with zero attached hydrogens (tertiary/aromatic N) is 1. The maximum absolute atomic E-state index is 11.1. The Morgan fingerprint density at radius 2 is 2.06 bits per heavy atom. The number of nitrogens with one attached hydrogen (secondary N) is 2. The van der Waals surface area contributed by atoms with E-state index in [0.29, 0.717) is 16.9 Å². The van der Waals surface area contributed by atoms with Gasteiger partial charge in [-0.1, -0.05) is 30.9 Å². The second-order valence-electron chi connectivity index (χ2n) is 4.71. The molecule has 98 valence electrons. The molecule has 0 spiro atoms. The SMILES string of the molecule is CC(=O)Nc1cnc(Cl)cc1NC1CCCCC1. The van der Waals surface area contributed by atoms with Gasteiger partial charge in [-0.05, 0) is 12.8 Å². The highest BCUT2D eigenvalue weighted by Crippen LogP contribution is 2.28. The van der Waals surface area contributed by atoms with Crippen molar-refractivity contribution in [2.45, 2.75) is 45.1 Å². The first-order chi connectivity index (χ1) is 8.65. The maximum Gasteiger partial charge on any atom is 0.221 e. The van der Waals surface area contributed by atoms with E-state index in [0.717, 1.165) is 5.69 Å². The molecule has 0 radical (unpaired) electrons. The summed E-state index contributed by atoms with van der Waals surface area (Å²) in [7, 11) is 0. The average Bonchev–Trinajstić information content (AvgIpc) is 2.33. The van der Waals surface area contributed by atoms with E-state index in [4.69, 9.17) is 11.6 Å². The molecule has 0 atom stereocenters. The van der Waals surface area contributed by atoms with Gasteiger partial charge >= 0.3 is 0 Å². The normalized spacial score (nSPS) is 16.3. The predicted octanol–water partition coefficient (Wildman–Crippen LogP) is 3.44. The highest BCUT2D eigenvalue weighted by atomic mass is 35.5. The summed E-state index contributed by atoms with van der Waals surface area (Å²) in [6, 6.07) is 2.23. The number of rotatable bonds is 3. The van der Waals surface area contributed by atoms with Crippen molar-refractivity contribution in [2.75, 3.05) is 10.6 Å². The standard InChI is InChI=1S/C13H18ClN3O/c1-9(18)16-12-8-15-13(14)7-11(12)17-10-5-3-2-4-6-10/h7-8,10H,2-6H2,1H3,(H,15,17)(H,16,18). The Balaban J connectivity index is 2.13. The summed E-state index contributed by atoms with van der Waals surface area (Å²) < 4.78 is 0. The molecule has 0 bridgehead atoms. The van der Waals surface area contributed by atoms with Crippen LogP contribution in [0.3, 0.4) is 0 Å². The maximum atomic E-state index is 11.1. The van der Waals surface area contributed by atoms with Gasteiger partial charge in [-0.15, -0.1) is 0 Å². The first-order valence-electron chi connectivity index (χ1n) is 6.35. The number of hydrogen-bond donors (Lipinski definition) is 2. The van der Waals surface area contributed by atoms with Crippen LogP contribution in [-0.4, -0.2) is 16.9 Å². The molecule has 1 aliphatic carbocycles. The van der Waals surface area contributed by atoms with Gasteiger partial charge in [0.2, 0.25) is 5.91 Å². The summed E-state index contributed by atoms with van der Waals surface area (Å²) in [6.07, 6.45) is 7.75. The summed E-state index contributed by atoms with van der Waals surface area (Å²) in [4.78, 5) is 15.1. The van der Waals surface area contributed by atoms with Crippen LogP contribution in [-0.2, 0) is 4.79 Å². The molecule has 2 N–H and O–H groups in total. The van der Waals surface area contributed by atoms with E-state index < -0.39 is 0 Å². The highest BCUT2D eigenvalue weighted by Gasteiger charge is 2.15. The minimum atomic E-state index is -0.106. The quantitative estimate of drug-likeness (QED) is 0.825. The van der Waals surface area contributed by atoms with Crippen LogP contribution in [0.1, 0.15) is 39.0 Å². The molecule has 0 saturated heterocycles. The van der Waals surface area contributed by atoms with Crippen LogP contribution >= 0.6 is 11.6 Å². The summed E-state index contributed by atoms with van der Waals surface area (Å²) in [5.74, 6) is -0.106. The fraction of sp³-hybridized carbons (Fsp3) is 0.538. The Kier molecular flexibility index (Phi) is 4.42. The zero-order valence-corrected chi connectivity index (χ0v) is 11.3. The van der Waals surface area contributed by atoms with E-state index in [1.807, 2.05) is 0 Å². The van der Waals surface area contributed by atoms with Gasteiger partial charge in [-0.3, -0.25) is 4.79 Å². The third-order valence-corrected chi connectivity index (χ3v) is 3.35. The summed E-state index contributed by atoms with van der Waals surface area (Å²) in [5, 5.41) is 6.66. The fourth-order valence-corrected chi connectivity index (χ4v) is 2.46. The average molecular weight is 268 g/mol. The Morgan fingerprint density at radius 1 is 1.33 bits per heavy atom. The molecule has 0 aromatic carbocycles. The lowest BCUT2D eigenvalue weighted by Crippen LogP contribution is -2.23. The third-order valence-electron chi connectivity index (χ3n) is 3.15. The molecule has 5 heteroatoms. The smallest absolute Gasteiger partial charge is 0.221 e. The van der Waals surface area contributed by atoms with Crippen molar-refractivity contribution in [1.82, 2.24) is 4.98 Å². The fourth-order valence-electron chi connectivity index (χ4n) is 2.31. The Bertz CT molecular complexity index is 430. The van der Waals surface area contributed by atoms with E-state index in [-0.39, 0.29) is 5.91 Å². The van der Waals surface area contributed by atoms with Crippen molar-refractivity contribution in [2.24, 2.45) is 0 Å². The van der Waals surface area contributed by atoms with Gasteiger partial charge in [0, 0.05) is 19.0 Å². The van der Waals surface area contributed by atoms with E-state index in [1.54, 1.807) is 12.3 Å². The van der Waals surface area contributed by atoms with E-state index in [9.17, 15) is 4.79 Å². The molecular formula is C13H18ClN3O. The van der Waals surface area contributed by atoms with Crippen molar-refractivity contribution >= 4 is 28.9 Å². The number of anilines is 2. The molecule has 1 heterocycles. The van der Waals surface area contributed by atoms with Crippen molar-refractivity contribution in [3.8, 4) is 0 Å². The van der Waals surface area contributed by atoms with Crippen LogP contribution < -0.4 is 10.6 Å². The van der Waals surface area contributed by atoms with Crippen LogP contribution in [0.4, 0.5) is 11.4 Å². The van der Waals surface area contributed by atoms with Gasteiger partial charge in [0.15, 0.2) is 0 Å². The van der Waals surface area contributed by atoms with E-state index in [2.05, 4.69) is 15.6 Å². The number of carbonyl (C=O) groups excluding carboxylic acids is 1. The molecule has 2 rings (SSSR count). The molecular weight excluding hydrogens is 250 g/mol. The lowest BCUT2D eigenvalue weighted by atomic mass is 9.95. The monoisotopic (exact) mass is 267 g/mol. The topological polar surface area (TPSA) is 54.0 Å². The van der Waals surface area contributed by atoms with Gasteiger partial charge in [0.05, 0.1) is 17.6 Å². The Hall–Kier alpha value is -1.29. The second-order valence-corrected chi connectivity index (χ2v) is 5.10. The molecule has 18 heavy (non-hydrogen) atoms. The molecule has 0 aliphatic heterocycles. The number of hydrogen-bond acceptors (Lipinski definition) is 3. The Morgan fingerprint density at radius 3 is 2.72 bits per heavy atom. The van der Waals surface area contributed by atoms with Crippen LogP contribution in [0.2, 0.25) is 5.15 Å². The zero-order valence-electron chi connectivity index (χ0n) is 10.5. The first-order valence-corrected chi connectivity index (χ1v) is 6.72. The van der Waals surface area contributed by atoms with Gasteiger partial charge in [0.25, 0.3) is 0 Å². The summed E-state index contributed by atoms with van der Waals surface area (Å²) in [5.41, 5.74) is 1.55. The number of halogens is 1. The van der Waals surface area contributed by atoms with Crippen LogP contribution in [0.5, 0.6) is 0 Å². The predicted molar refractivity (Wildman–Crippen MR) is 74.0 cm³/mol. The lowest BCUT2D eigenvalue weighted by molar-refractivity contribution is -0.114. The number of carbonyl (C=O) groups is 1. The molecule has 1 fully saturated rings. The van der Waals surface area contributed by atoms with Crippen molar-refractivity contribution in [3.05, 3.63) is 17.4 Å². The minimum Gasteiger partial charge on any atom is -0.380 e. The molecule has 1 amide bonds. The van der Waals surface area contributed by atoms with Crippen molar-refractivity contribution in [3.63, 3.8) is 0 Å². The lowest BCUT2D eigenvalue weighted by Gasteiger charge is -2.25. The number of amides is 1. The first kappa shape index (κ1) is 13.1. The van der Waals surface area contributed by atoms with Gasteiger partial charge in [-0.2, -0.15) is 0 Å². The molecule has 1 aromatic rings.